The Labute approximate surface area is 214 Å². The summed E-state index contributed by atoms with van der Waals surface area (Å²) < 4.78 is 0. The number of likely N-dealkylation sites (N-methyl/N-ethyl adjacent to an activating group) is 1. The van der Waals surface area contributed by atoms with Gasteiger partial charge in [0.2, 0.25) is 11.8 Å². The lowest BCUT2D eigenvalue weighted by molar-refractivity contribution is -0.139. The highest BCUT2D eigenvalue weighted by atomic mass is 32.2. The molecule has 0 aliphatic heterocycles. The van der Waals surface area contributed by atoms with Crippen LogP contribution in [0.3, 0.4) is 0 Å². The number of rotatable bonds is 11. The monoisotopic (exact) mass is 488 g/mol. The number of benzene rings is 3. The second-order valence-corrected chi connectivity index (χ2v) is 10.0. The maximum atomic E-state index is 13.6. The molecular weight excluding hydrogens is 452 g/mol. The van der Waals surface area contributed by atoms with Gasteiger partial charge >= 0.3 is 0 Å². The summed E-state index contributed by atoms with van der Waals surface area (Å²) in [4.78, 5) is 28.6. The van der Waals surface area contributed by atoms with E-state index in [0.717, 1.165) is 22.4 Å². The standard InChI is InChI=1S/C30H36N2O2S/c1-5-31-30(34)28(18-25-12-7-6-8-13-25)32(19-27-14-10-9-11-24(27)4)29(33)21-35-20-26-16-22(2)15-23(3)17-26/h6-17,28H,5,18-21H2,1-4H3,(H,31,34). The predicted octanol–water partition coefficient (Wildman–Crippen LogP) is 5.62. The average Bonchev–Trinajstić information content (AvgIpc) is 2.82. The third-order valence-electron chi connectivity index (χ3n) is 6.00. The van der Waals surface area contributed by atoms with Crippen molar-refractivity contribution < 1.29 is 9.59 Å². The van der Waals surface area contributed by atoms with E-state index in [4.69, 9.17) is 0 Å². The number of thioether (sulfide) groups is 1. The van der Waals surface area contributed by atoms with Crippen LogP contribution in [0.2, 0.25) is 0 Å². The maximum absolute atomic E-state index is 13.6. The maximum Gasteiger partial charge on any atom is 0.243 e. The Kier molecular flexibility index (Phi) is 9.98. The van der Waals surface area contributed by atoms with Crippen molar-refractivity contribution in [3.05, 3.63) is 106 Å². The molecule has 0 aliphatic rings. The van der Waals surface area contributed by atoms with Crippen LogP contribution in [0.15, 0.2) is 72.8 Å². The normalized spacial score (nSPS) is 11.7. The summed E-state index contributed by atoms with van der Waals surface area (Å²) in [6.45, 7) is 9.07. The first-order valence-corrected chi connectivity index (χ1v) is 13.3. The third-order valence-corrected chi connectivity index (χ3v) is 6.99. The Morgan fingerprint density at radius 3 is 2.20 bits per heavy atom. The molecule has 3 aromatic carbocycles. The molecule has 35 heavy (non-hydrogen) atoms. The van der Waals surface area contributed by atoms with Gasteiger partial charge in [-0.1, -0.05) is 83.9 Å². The Balaban J connectivity index is 1.84. The van der Waals surface area contributed by atoms with Crippen LogP contribution in [0.25, 0.3) is 0 Å². The first-order valence-electron chi connectivity index (χ1n) is 12.2. The zero-order valence-corrected chi connectivity index (χ0v) is 22.0. The topological polar surface area (TPSA) is 49.4 Å². The number of nitrogens with zero attached hydrogens (tertiary/aromatic N) is 1. The van der Waals surface area contributed by atoms with Crippen LogP contribution in [-0.4, -0.2) is 35.1 Å². The van der Waals surface area contributed by atoms with E-state index in [1.54, 1.807) is 16.7 Å². The molecule has 0 heterocycles. The van der Waals surface area contributed by atoms with E-state index < -0.39 is 6.04 Å². The Bertz CT molecular complexity index is 1110. The lowest BCUT2D eigenvalue weighted by Gasteiger charge is -2.32. The summed E-state index contributed by atoms with van der Waals surface area (Å²) in [5.41, 5.74) is 6.88. The first-order chi connectivity index (χ1) is 16.9. The highest BCUT2D eigenvalue weighted by Crippen LogP contribution is 2.20. The number of hydrogen-bond donors (Lipinski definition) is 1. The minimum absolute atomic E-state index is 0.0187. The largest absolute Gasteiger partial charge is 0.355 e. The van der Waals surface area contributed by atoms with Gasteiger partial charge in [0.25, 0.3) is 0 Å². The van der Waals surface area contributed by atoms with E-state index in [1.165, 1.54) is 16.7 Å². The van der Waals surface area contributed by atoms with Crippen molar-refractivity contribution in [3.8, 4) is 0 Å². The van der Waals surface area contributed by atoms with Gasteiger partial charge in [0.1, 0.15) is 6.04 Å². The molecule has 1 unspecified atom stereocenters. The number of carbonyl (C=O) groups is 2. The molecule has 0 aromatic heterocycles. The number of amides is 2. The molecule has 0 fully saturated rings. The molecule has 4 nitrogen and oxygen atoms in total. The molecule has 1 N–H and O–H groups in total. The van der Waals surface area contributed by atoms with E-state index in [2.05, 4.69) is 37.4 Å². The van der Waals surface area contributed by atoms with Gasteiger partial charge in [0.05, 0.1) is 5.75 Å². The second-order valence-electron chi connectivity index (χ2n) is 9.04. The van der Waals surface area contributed by atoms with Crippen LogP contribution in [0, 0.1) is 20.8 Å². The number of nitrogens with one attached hydrogen (secondary N) is 1. The summed E-state index contributed by atoms with van der Waals surface area (Å²) in [6, 6.07) is 23.9. The molecule has 0 aliphatic carbocycles. The van der Waals surface area contributed by atoms with Crippen molar-refractivity contribution >= 4 is 23.6 Å². The summed E-state index contributed by atoms with van der Waals surface area (Å²) in [6.07, 6.45) is 0.478. The molecule has 184 valence electrons. The molecular formula is C30H36N2O2S. The lowest BCUT2D eigenvalue weighted by Crippen LogP contribution is -2.51. The number of carbonyl (C=O) groups excluding carboxylic acids is 2. The fourth-order valence-electron chi connectivity index (χ4n) is 4.31. The Morgan fingerprint density at radius 2 is 1.54 bits per heavy atom. The van der Waals surface area contributed by atoms with Crippen LogP contribution in [0.1, 0.15) is 40.3 Å². The molecule has 0 spiro atoms. The zero-order valence-electron chi connectivity index (χ0n) is 21.2. The first kappa shape index (κ1) is 26.6. The van der Waals surface area contributed by atoms with Crippen LogP contribution in [0.5, 0.6) is 0 Å². The van der Waals surface area contributed by atoms with Gasteiger partial charge in [-0.15, -0.1) is 11.8 Å². The lowest BCUT2D eigenvalue weighted by atomic mass is 10.0. The minimum atomic E-state index is -0.578. The predicted molar refractivity (Wildman–Crippen MR) is 146 cm³/mol. The summed E-state index contributed by atoms with van der Waals surface area (Å²) in [5.74, 6) is 0.952. The molecule has 0 saturated carbocycles. The average molecular weight is 489 g/mol. The highest BCUT2D eigenvalue weighted by molar-refractivity contribution is 7.99. The quantitative estimate of drug-likeness (QED) is 0.381. The van der Waals surface area contributed by atoms with E-state index in [1.807, 2.05) is 68.4 Å². The van der Waals surface area contributed by atoms with E-state index in [-0.39, 0.29) is 11.8 Å². The molecule has 0 radical (unpaired) electrons. The van der Waals surface area contributed by atoms with Crippen LogP contribution in [0.4, 0.5) is 0 Å². The highest BCUT2D eigenvalue weighted by Gasteiger charge is 2.30. The molecule has 2 amide bonds. The van der Waals surface area contributed by atoms with E-state index in [0.29, 0.717) is 25.3 Å². The van der Waals surface area contributed by atoms with Crippen molar-refractivity contribution in [2.45, 2.75) is 52.5 Å². The summed E-state index contributed by atoms with van der Waals surface area (Å²) in [7, 11) is 0. The zero-order chi connectivity index (χ0) is 25.2. The minimum Gasteiger partial charge on any atom is -0.355 e. The van der Waals surface area contributed by atoms with E-state index in [9.17, 15) is 9.59 Å². The van der Waals surface area contributed by atoms with Crippen LogP contribution >= 0.6 is 11.8 Å². The molecule has 5 heteroatoms. The summed E-state index contributed by atoms with van der Waals surface area (Å²) in [5, 5.41) is 2.96. The Hall–Kier alpha value is -3.05. The van der Waals surface area contributed by atoms with Gasteiger partial charge in [-0.25, -0.2) is 0 Å². The smallest absolute Gasteiger partial charge is 0.243 e. The fraction of sp³-hybridized carbons (Fsp3) is 0.333. The fourth-order valence-corrected chi connectivity index (χ4v) is 5.15. The molecule has 0 bridgehead atoms. The number of aryl methyl sites for hydroxylation is 3. The van der Waals surface area contributed by atoms with Gasteiger partial charge in [-0.05, 0) is 49.9 Å². The van der Waals surface area contributed by atoms with Crippen LogP contribution in [-0.2, 0) is 28.3 Å². The molecule has 3 rings (SSSR count). The van der Waals surface area contributed by atoms with Crippen molar-refractivity contribution in [1.82, 2.24) is 10.2 Å². The third kappa shape index (κ3) is 8.00. The van der Waals surface area contributed by atoms with Crippen molar-refractivity contribution in [2.24, 2.45) is 0 Å². The van der Waals surface area contributed by atoms with Gasteiger partial charge in [-0.2, -0.15) is 0 Å². The molecule has 0 saturated heterocycles. The van der Waals surface area contributed by atoms with Gasteiger partial charge in [-0.3, -0.25) is 9.59 Å². The van der Waals surface area contributed by atoms with Gasteiger partial charge in [0, 0.05) is 25.3 Å². The number of hydrogen-bond acceptors (Lipinski definition) is 3. The van der Waals surface area contributed by atoms with Gasteiger partial charge in [0.15, 0.2) is 0 Å². The SMILES string of the molecule is CCNC(=O)C(Cc1ccccc1)N(Cc1ccccc1C)C(=O)CSCc1cc(C)cc(C)c1. The van der Waals surface area contributed by atoms with Crippen molar-refractivity contribution in [3.63, 3.8) is 0 Å². The van der Waals surface area contributed by atoms with Gasteiger partial charge < -0.3 is 10.2 Å². The Morgan fingerprint density at radius 1 is 0.886 bits per heavy atom. The van der Waals surface area contributed by atoms with Crippen molar-refractivity contribution in [1.29, 1.82) is 0 Å². The van der Waals surface area contributed by atoms with E-state index >= 15 is 0 Å². The summed E-state index contributed by atoms with van der Waals surface area (Å²) >= 11 is 1.60. The molecule has 1 atom stereocenters. The van der Waals surface area contributed by atoms with Crippen molar-refractivity contribution in [2.75, 3.05) is 12.3 Å². The van der Waals surface area contributed by atoms with Crippen LogP contribution < -0.4 is 5.32 Å². The second kappa shape index (κ2) is 13.1. The molecule has 3 aromatic rings.